The van der Waals surface area contributed by atoms with E-state index in [1.807, 2.05) is 41.8 Å². The number of hydrogen-bond acceptors (Lipinski definition) is 5. The zero-order valence-electron chi connectivity index (χ0n) is 14.6. The second kappa shape index (κ2) is 7.21. The third kappa shape index (κ3) is 3.66. The van der Waals surface area contributed by atoms with Crippen LogP contribution >= 0.6 is 11.3 Å². The second-order valence-electron chi connectivity index (χ2n) is 7.01. The Bertz CT molecular complexity index is 805. The molecule has 1 N–H and O–H groups in total. The summed E-state index contributed by atoms with van der Waals surface area (Å²) < 4.78 is 6.22. The van der Waals surface area contributed by atoms with Gasteiger partial charge < -0.3 is 10.1 Å². The normalized spacial score (nSPS) is 22.2. The molecule has 1 saturated heterocycles. The molecule has 2 aliphatic heterocycles. The third-order valence-corrected chi connectivity index (χ3v) is 5.96. The van der Waals surface area contributed by atoms with Crippen LogP contribution in [0.15, 0.2) is 41.8 Å². The van der Waals surface area contributed by atoms with Crippen LogP contribution in [0.3, 0.4) is 0 Å². The van der Waals surface area contributed by atoms with Gasteiger partial charge >= 0.3 is 0 Å². The van der Waals surface area contributed by atoms with Crippen molar-refractivity contribution in [1.29, 1.82) is 0 Å². The first-order valence-corrected chi connectivity index (χ1v) is 9.84. The highest BCUT2D eigenvalue weighted by molar-refractivity contribution is 7.09. The molecule has 0 radical (unpaired) electrons. The fourth-order valence-corrected chi connectivity index (χ4v) is 4.38. The van der Waals surface area contributed by atoms with E-state index in [9.17, 15) is 9.59 Å². The molecule has 0 unspecified atom stereocenters. The van der Waals surface area contributed by atoms with Gasteiger partial charge in [0.2, 0.25) is 5.91 Å². The molecule has 4 rings (SSSR count). The summed E-state index contributed by atoms with van der Waals surface area (Å²) in [5, 5.41) is 4.97. The van der Waals surface area contributed by atoms with E-state index < -0.39 is 5.60 Å². The second-order valence-corrected chi connectivity index (χ2v) is 8.05. The summed E-state index contributed by atoms with van der Waals surface area (Å²) in [6.45, 7) is 2.84. The number of nitrogens with one attached hydrogen (secondary N) is 1. The molecule has 1 spiro atoms. The lowest BCUT2D eigenvalue weighted by Gasteiger charge is -2.34. The van der Waals surface area contributed by atoms with E-state index in [0.717, 1.165) is 17.8 Å². The number of carbonyl (C=O) groups is 2. The zero-order chi connectivity index (χ0) is 18.0. The minimum absolute atomic E-state index is 0.0605. The number of rotatable bonds is 5. The molecule has 1 fully saturated rings. The van der Waals surface area contributed by atoms with Crippen LogP contribution in [0.1, 0.15) is 34.5 Å². The molecule has 2 aliphatic rings. The van der Waals surface area contributed by atoms with Gasteiger partial charge in [-0.25, -0.2) is 0 Å². The number of thiophene rings is 1. The predicted molar refractivity (Wildman–Crippen MR) is 101 cm³/mol. The molecule has 1 atom stereocenters. The summed E-state index contributed by atoms with van der Waals surface area (Å²) in [6, 6.07) is 11.5. The Labute approximate surface area is 157 Å². The van der Waals surface area contributed by atoms with E-state index in [0.29, 0.717) is 43.8 Å². The van der Waals surface area contributed by atoms with Crippen molar-refractivity contribution < 1.29 is 14.3 Å². The fourth-order valence-electron chi connectivity index (χ4n) is 3.74. The number of carbonyl (C=O) groups excluding carboxylic acids is 2. The molecular weight excluding hydrogens is 348 g/mol. The molecule has 0 saturated carbocycles. The van der Waals surface area contributed by atoms with Crippen LogP contribution in [0, 0.1) is 0 Å². The smallest absolute Gasteiger partial charge is 0.221 e. The van der Waals surface area contributed by atoms with E-state index in [4.69, 9.17) is 4.74 Å². The van der Waals surface area contributed by atoms with Crippen molar-refractivity contribution >= 4 is 23.0 Å². The summed E-state index contributed by atoms with van der Waals surface area (Å²) in [7, 11) is 0. The number of Topliss-reactive ketones (excluding diaryl/α,β-unsaturated/α-hetero) is 1. The number of amides is 1. The quantitative estimate of drug-likeness (QED) is 0.879. The standard InChI is InChI=1S/C20H22N2O3S/c23-17-12-20(25-18-6-2-1-5-16(17)18)8-10-22(14-20)9-7-19(24)21-13-15-4-3-11-26-15/h1-6,11H,7-10,12-14H2,(H,21,24)/t20-/m0/s1. The van der Waals surface area contributed by atoms with Crippen LogP contribution in [-0.2, 0) is 11.3 Å². The highest BCUT2D eigenvalue weighted by Gasteiger charge is 2.45. The lowest BCUT2D eigenvalue weighted by Crippen LogP contribution is -2.44. The average molecular weight is 370 g/mol. The molecule has 1 amide bonds. The Kier molecular flexibility index (Phi) is 4.78. The van der Waals surface area contributed by atoms with Gasteiger partial charge in [-0.3, -0.25) is 14.5 Å². The lowest BCUT2D eigenvalue weighted by atomic mass is 9.89. The number of para-hydroxylation sites is 1. The van der Waals surface area contributed by atoms with E-state index in [1.54, 1.807) is 11.3 Å². The van der Waals surface area contributed by atoms with Crippen molar-refractivity contribution in [3.63, 3.8) is 0 Å². The molecule has 1 aromatic carbocycles. The fraction of sp³-hybridized carbons (Fsp3) is 0.400. The SMILES string of the molecule is O=C(CCN1CC[C@]2(CC(=O)c3ccccc3O2)C1)NCc1cccs1. The Balaban J connectivity index is 1.29. The van der Waals surface area contributed by atoms with Gasteiger partial charge in [-0.05, 0) is 23.6 Å². The minimum Gasteiger partial charge on any atom is -0.485 e. The van der Waals surface area contributed by atoms with Gasteiger partial charge in [-0.15, -0.1) is 11.3 Å². The van der Waals surface area contributed by atoms with Crippen LogP contribution < -0.4 is 10.1 Å². The van der Waals surface area contributed by atoms with Crippen molar-refractivity contribution in [2.45, 2.75) is 31.4 Å². The molecule has 5 nitrogen and oxygen atoms in total. The third-order valence-electron chi connectivity index (χ3n) is 5.09. The largest absolute Gasteiger partial charge is 0.485 e. The summed E-state index contributed by atoms with van der Waals surface area (Å²) in [5.41, 5.74) is 0.253. The van der Waals surface area contributed by atoms with Crippen molar-refractivity contribution in [2.75, 3.05) is 19.6 Å². The van der Waals surface area contributed by atoms with Gasteiger partial charge in [-0.2, -0.15) is 0 Å². The van der Waals surface area contributed by atoms with E-state index >= 15 is 0 Å². The van der Waals surface area contributed by atoms with E-state index in [2.05, 4.69) is 10.2 Å². The Hall–Kier alpha value is -2.18. The Morgan fingerprint density at radius 1 is 1.27 bits per heavy atom. The highest BCUT2D eigenvalue weighted by atomic mass is 32.1. The monoisotopic (exact) mass is 370 g/mol. The molecule has 0 aliphatic carbocycles. The summed E-state index contributed by atoms with van der Waals surface area (Å²) in [6.07, 6.45) is 1.71. The maximum Gasteiger partial charge on any atom is 0.221 e. The van der Waals surface area contributed by atoms with Crippen LogP contribution in [-0.4, -0.2) is 41.8 Å². The molecule has 136 valence electrons. The first-order valence-electron chi connectivity index (χ1n) is 8.96. The predicted octanol–water partition coefficient (Wildman–Crippen LogP) is 2.86. The van der Waals surface area contributed by atoms with Crippen LogP contribution in [0.2, 0.25) is 0 Å². The van der Waals surface area contributed by atoms with Gasteiger partial charge in [0, 0.05) is 37.4 Å². The summed E-state index contributed by atoms with van der Waals surface area (Å²) >= 11 is 1.64. The number of hydrogen-bond donors (Lipinski definition) is 1. The number of fused-ring (bicyclic) bond motifs is 1. The molecule has 1 aromatic heterocycles. The summed E-state index contributed by atoms with van der Waals surface area (Å²) in [5.74, 6) is 0.909. The molecule has 2 aromatic rings. The maximum absolute atomic E-state index is 12.5. The van der Waals surface area contributed by atoms with E-state index in [1.165, 1.54) is 0 Å². The van der Waals surface area contributed by atoms with Crippen molar-refractivity contribution in [1.82, 2.24) is 10.2 Å². The lowest BCUT2D eigenvalue weighted by molar-refractivity contribution is -0.121. The molecule has 26 heavy (non-hydrogen) atoms. The van der Waals surface area contributed by atoms with Crippen LogP contribution in [0.5, 0.6) is 5.75 Å². The molecule has 0 bridgehead atoms. The zero-order valence-corrected chi connectivity index (χ0v) is 15.4. The van der Waals surface area contributed by atoms with E-state index in [-0.39, 0.29) is 11.7 Å². The van der Waals surface area contributed by atoms with Crippen LogP contribution in [0.25, 0.3) is 0 Å². The topological polar surface area (TPSA) is 58.6 Å². The highest BCUT2D eigenvalue weighted by Crippen LogP contribution is 2.38. The number of ether oxygens (including phenoxy) is 1. The first-order chi connectivity index (χ1) is 12.6. The molecule has 3 heterocycles. The molecular formula is C20H22N2O3S. The molecule has 6 heteroatoms. The van der Waals surface area contributed by atoms with Crippen LogP contribution in [0.4, 0.5) is 0 Å². The van der Waals surface area contributed by atoms with Crippen molar-refractivity contribution in [3.05, 3.63) is 52.2 Å². The number of ketones is 1. The Morgan fingerprint density at radius 2 is 2.15 bits per heavy atom. The summed E-state index contributed by atoms with van der Waals surface area (Å²) in [4.78, 5) is 27.9. The number of benzene rings is 1. The Morgan fingerprint density at radius 3 is 3.00 bits per heavy atom. The van der Waals surface area contributed by atoms with Gasteiger partial charge in [0.05, 0.1) is 18.5 Å². The number of likely N-dealkylation sites (tertiary alicyclic amines) is 1. The van der Waals surface area contributed by atoms with Gasteiger partial charge in [-0.1, -0.05) is 18.2 Å². The minimum atomic E-state index is -0.432. The average Bonchev–Trinajstić information content (AvgIpc) is 3.28. The number of nitrogens with zero attached hydrogens (tertiary/aromatic N) is 1. The van der Waals surface area contributed by atoms with Crippen molar-refractivity contribution in [2.24, 2.45) is 0 Å². The van der Waals surface area contributed by atoms with Crippen molar-refractivity contribution in [3.8, 4) is 5.75 Å². The maximum atomic E-state index is 12.5. The first kappa shape index (κ1) is 17.2. The van der Waals surface area contributed by atoms with Gasteiger partial charge in [0.15, 0.2) is 5.78 Å². The van der Waals surface area contributed by atoms with Gasteiger partial charge in [0.25, 0.3) is 0 Å². The van der Waals surface area contributed by atoms with Gasteiger partial charge in [0.1, 0.15) is 11.4 Å².